The zero-order valence-electron chi connectivity index (χ0n) is 6.81. The van der Waals surface area contributed by atoms with Gasteiger partial charge in [0.15, 0.2) is 11.0 Å². The molecule has 0 aliphatic heterocycles. The van der Waals surface area contributed by atoms with Crippen LogP contribution in [0.2, 0.25) is 0 Å². The normalized spacial score (nSPS) is 20.2. The minimum Gasteiger partial charge on any atom is -0.153 e. The predicted octanol–water partition coefficient (Wildman–Crippen LogP) is -0.838. The molecule has 0 unspecified atom stereocenters. The van der Waals surface area contributed by atoms with Gasteiger partial charge in [-0.3, -0.25) is 0 Å². The van der Waals surface area contributed by atoms with E-state index in [0.717, 1.165) is 25.7 Å². The average Bonchev–Trinajstić information content (AvgIpc) is 2.62. The highest BCUT2D eigenvalue weighted by Crippen LogP contribution is 2.28. The first-order valence-electron chi connectivity index (χ1n) is 3.83. The number of nitrogens with two attached hydrogens (primary N) is 3. The first-order valence-corrected chi connectivity index (χ1v) is 3.83. The highest BCUT2D eigenvalue weighted by atomic mass is 17.3. The predicted molar refractivity (Wildman–Crippen MR) is 38.3 cm³/mol. The van der Waals surface area contributed by atoms with Crippen LogP contribution in [0.3, 0.4) is 0 Å². The Morgan fingerprint density at radius 1 is 0.917 bits per heavy atom. The van der Waals surface area contributed by atoms with Crippen molar-refractivity contribution in [3.05, 3.63) is 0 Å². The number of quaternary nitrogens is 1. The fraction of sp³-hybridized carbons (Fsp3) is 1.00. The van der Waals surface area contributed by atoms with Crippen LogP contribution >= 0.6 is 0 Å². The molecule has 0 saturated heterocycles. The van der Waals surface area contributed by atoms with Crippen molar-refractivity contribution >= 4 is 0 Å². The van der Waals surface area contributed by atoms with Crippen LogP contribution in [0, 0.1) is 0 Å². The molecule has 6 N–H and O–H groups in total. The molecule has 1 aliphatic rings. The minimum atomic E-state index is -0.792. The zero-order chi connectivity index (χ0) is 9.03. The summed E-state index contributed by atoms with van der Waals surface area (Å²) in [5, 5.41) is 0. The molecule has 7 nitrogen and oxygen atoms in total. The molecule has 0 heterocycles. The lowest BCUT2D eigenvalue weighted by Crippen LogP contribution is -2.58. The van der Waals surface area contributed by atoms with Gasteiger partial charge in [0.25, 0.3) is 0 Å². The summed E-state index contributed by atoms with van der Waals surface area (Å²) in [6.07, 6.45) is 3.87. The largest absolute Gasteiger partial charge is 0.194 e. The van der Waals surface area contributed by atoms with Crippen LogP contribution in [0.4, 0.5) is 0 Å². The minimum absolute atomic E-state index is 0.0509. The highest BCUT2D eigenvalue weighted by molar-refractivity contribution is 4.64. The monoisotopic (exact) mass is 179 g/mol. The van der Waals surface area contributed by atoms with Crippen LogP contribution in [0.5, 0.6) is 0 Å². The second kappa shape index (κ2) is 4.10. The Morgan fingerprint density at radius 3 is 1.67 bits per heavy atom. The number of hydroxylamine groups is 3. The van der Waals surface area contributed by atoms with Gasteiger partial charge in [-0.15, -0.1) is 0 Å². The quantitative estimate of drug-likeness (QED) is 0.384. The molecule has 0 aromatic carbocycles. The first kappa shape index (κ1) is 9.81. The van der Waals surface area contributed by atoms with Crippen molar-refractivity contribution in [3.8, 4) is 0 Å². The molecule has 0 aromatic rings. The molecular weight excluding hydrogens is 164 g/mol. The highest BCUT2D eigenvalue weighted by Gasteiger charge is 2.46. The number of nitrogens with zero attached hydrogens (tertiary/aromatic N) is 1. The summed E-state index contributed by atoms with van der Waals surface area (Å²) in [5.74, 6) is 14.9. The van der Waals surface area contributed by atoms with Gasteiger partial charge >= 0.3 is 0 Å². The molecule has 1 saturated carbocycles. The van der Waals surface area contributed by atoms with E-state index in [1.807, 2.05) is 0 Å². The first-order chi connectivity index (χ1) is 5.79. The van der Waals surface area contributed by atoms with E-state index in [-0.39, 0.29) is 6.04 Å². The Hall–Kier alpha value is -0.280. The van der Waals surface area contributed by atoms with E-state index in [2.05, 4.69) is 14.8 Å². The average molecular weight is 179 g/mol. The SMILES string of the molecule is NO[N+](ON)(ON)C1CCCC1. The van der Waals surface area contributed by atoms with Crippen LogP contribution in [0.25, 0.3) is 0 Å². The van der Waals surface area contributed by atoms with E-state index in [0.29, 0.717) is 0 Å². The third kappa shape index (κ3) is 1.57. The van der Waals surface area contributed by atoms with E-state index in [1.165, 1.54) is 0 Å². The second-order valence-corrected chi connectivity index (χ2v) is 2.79. The molecule has 0 amide bonds. The fourth-order valence-corrected chi connectivity index (χ4v) is 1.55. The van der Waals surface area contributed by atoms with Crippen molar-refractivity contribution in [2.24, 2.45) is 17.7 Å². The molecule has 0 aromatic heterocycles. The van der Waals surface area contributed by atoms with Crippen LogP contribution < -0.4 is 17.7 Å². The van der Waals surface area contributed by atoms with E-state index in [9.17, 15) is 0 Å². The summed E-state index contributed by atoms with van der Waals surface area (Å²) in [6, 6.07) is -0.0509. The summed E-state index contributed by atoms with van der Waals surface area (Å²) in [6.45, 7) is 0. The molecule has 0 radical (unpaired) electrons. The maximum Gasteiger partial charge on any atom is 0.194 e. The van der Waals surface area contributed by atoms with E-state index < -0.39 is 4.97 Å². The van der Waals surface area contributed by atoms with Gasteiger partial charge in [0, 0.05) is 12.8 Å². The van der Waals surface area contributed by atoms with E-state index >= 15 is 0 Å². The van der Waals surface area contributed by atoms with Crippen molar-refractivity contribution in [1.29, 1.82) is 0 Å². The van der Waals surface area contributed by atoms with Crippen LogP contribution in [-0.2, 0) is 14.8 Å². The number of hydrogen-bond donors (Lipinski definition) is 3. The lowest BCUT2D eigenvalue weighted by Gasteiger charge is -2.26. The van der Waals surface area contributed by atoms with Crippen molar-refractivity contribution < 1.29 is 19.8 Å². The molecule has 7 heteroatoms. The van der Waals surface area contributed by atoms with Gasteiger partial charge in [-0.05, 0) is 27.7 Å². The molecule has 1 rings (SSSR count). The summed E-state index contributed by atoms with van der Waals surface area (Å²) in [7, 11) is 0. The van der Waals surface area contributed by atoms with Gasteiger partial charge in [0.1, 0.15) is 0 Å². The third-order valence-electron chi connectivity index (χ3n) is 2.21. The molecule has 0 bridgehead atoms. The molecule has 1 fully saturated rings. The van der Waals surface area contributed by atoms with Crippen molar-refractivity contribution in [2.75, 3.05) is 0 Å². The summed E-state index contributed by atoms with van der Waals surface area (Å²) in [5.41, 5.74) is 0. The Morgan fingerprint density at radius 2 is 1.33 bits per heavy atom. The Labute approximate surface area is 70.2 Å². The molecule has 12 heavy (non-hydrogen) atoms. The Kier molecular flexibility index (Phi) is 3.35. The number of rotatable bonds is 4. The molecule has 72 valence electrons. The molecule has 1 aliphatic carbocycles. The lowest BCUT2D eigenvalue weighted by atomic mass is 10.3. The van der Waals surface area contributed by atoms with Crippen molar-refractivity contribution in [3.63, 3.8) is 0 Å². The number of hydrogen-bond acceptors (Lipinski definition) is 6. The topological polar surface area (TPSA) is 106 Å². The van der Waals surface area contributed by atoms with Crippen LogP contribution in [0.15, 0.2) is 0 Å². The lowest BCUT2D eigenvalue weighted by molar-refractivity contribution is -1.38. The van der Waals surface area contributed by atoms with E-state index in [4.69, 9.17) is 17.7 Å². The van der Waals surface area contributed by atoms with Gasteiger partial charge in [0.2, 0.25) is 0 Å². The third-order valence-corrected chi connectivity index (χ3v) is 2.21. The van der Waals surface area contributed by atoms with Crippen molar-refractivity contribution in [2.45, 2.75) is 31.7 Å². The maximum atomic E-state index is 4.97. The van der Waals surface area contributed by atoms with Gasteiger partial charge < -0.3 is 0 Å². The Bertz CT molecular complexity index is 126. The second-order valence-electron chi connectivity index (χ2n) is 2.79. The molecular formula is C5H15N4O3+. The smallest absolute Gasteiger partial charge is 0.153 e. The Balaban J connectivity index is 2.61. The van der Waals surface area contributed by atoms with E-state index in [1.54, 1.807) is 0 Å². The maximum absolute atomic E-state index is 4.97. The van der Waals surface area contributed by atoms with Gasteiger partial charge in [-0.1, -0.05) is 0 Å². The summed E-state index contributed by atoms with van der Waals surface area (Å²) < 4.78 is 0. The van der Waals surface area contributed by atoms with Crippen LogP contribution in [-0.4, -0.2) is 11.0 Å². The van der Waals surface area contributed by atoms with Gasteiger partial charge in [0.05, 0.1) is 0 Å². The van der Waals surface area contributed by atoms with Crippen LogP contribution in [0.1, 0.15) is 25.7 Å². The summed E-state index contributed by atoms with van der Waals surface area (Å²) in [4.78, 5) is 12.6. The van der Waals surface area contributed by atoms with Crippen molar-refractivity contribution in [1.82, 2.24) is 0 Å². The molecule has 0 atom stereocenters. The molecule has 0 spiro atoms. The van der Waals surface area contributed by atoms with Gasteiger partial charge in [-0.25, -0.2) is 0 Å². The standard InChI is InChI=1S/C5H15N4O3/c6-10-9(11-7,12-8)5-3-1-2-4-5/h5H,1-4,6-8H2/q+1. The fourth-order valence-electron chi connectivity index (χ4n) is 1.55. The summed E-state index contributed by atoms with van der Waals surface area (Å²) >= 11 is 0. The zero-order valence-corrected chi connectivity index (χ0v) is 6.81. The van der Waals surface area contributed by atoms with Gasteiger partial charge in [-0.2, -0.15) is 17.7 Å².